The first-order valence-electron chi connectivity index (χ1n) is 6.49. The second-order valence-electron chi connectivity index (χ2n) is 5.46. The van der Waals surface area contributed by atoms with Crippen LogP contribution in [0.5, 0.6) is 0 Å². The van der Waals surface area contributed by atoms with Crippen molar-refractivity contribution in [1.82, 2.24) is 0 Å². The highest BCUT2D eigenvalue weighted by atomic mass is 79.9. The van der Waals surface area contributed by atoms with Gasteiger partial charge in [0.05, 0.1) is 4.47 Å². The lowest BCUT2D eigenvalue weighted by Crippen LogP contribution is -2.26. The molecule has 1 aromatic rings. The molecule has 19 heavy (non-hydrogen) atoms. The highest BCUT2D eigenvalue weighted by Gasteiger charge is 2.39. The zero-order chi connectivity index (χ0) is 13.6. The molecule has 3 rings (SSSR count). The van der Waals surface area contributed by atoms with E-state index < -0.39 is 0 Å². The van der Waals surface area contributed by atoms with Crippen LogP contribution in [-0.4, -0.2) is 5.91 Å². The Morgan fingerprint density at radius 3 is 2.79 bits per heavy atom. The van der Waals surface area contributed by atoms with E-state index in [0.717, 1.165) is 18.4 Å². The van der Waals surface area contributed by atoms with Crippen LogP contribution in [0.4, 0.5) is 10.1 Å². The first-order chi connectivity index (χ1) is 9.04. The van der Waals surface area contributed by atoms with Crippen molar-refractivity contribution in [2.45, 2.75) is 19.8 Å². The molecule has 2 aliphatic rings. The van der Waals surface area contributed by atoms with E-state index in [1.165, 1.54) is 6.07 Å². The molecule has 0 radical (unpaired) electrons. The number of carbonyl (C=O) groups excluding carboxylic acids is 1. The van der Waals surface area contributed by atoms with E-state index in [9.17, 15) is 9.18 Å². The maximum absolute atomic E-state index is 13.4. The maximum atomic E-state index is 13.4. The summed E-state index contributed by atoms with van der Waals surface area (Å²) in [6.45, 7) is 1.80. The van der Waals surface area contributed by atoms with Gasteiger partial charge in [0.2, 0.25) is 5.91 Å². The molecule has 0 aromatic heterocycles. The van der Waals surface area contributed by atoms with Crippen molar-refractivity contribution in [3.63, 3.8) is 0 Å². The quantitative estimate of drug-likeness (QED) is 0.817. The van der Waals surface area contributed by atoms with E-state index in [1.807, 2.05) is 0 Å². The van der Waals surface area contributed by atoms with E-state index in [4.69, 9.17) is 0 Å². The Bertz CT molecular complexity index is 570. The van der Waals surface area contributed by atoms with Crippen LogP contribution in [0.25, 0.3) is 0 Å². The average molecular weight is 324 g/mol. The van der Waals surface area contributed by atoms with E-state index in [2.05, 4.69) is 33.4 Å². The lowest BCUT2D eigenvalue weighted by atomic mass is 9.92. The van der Waals surface area contributed by atoms with E-state index in [1.54, 1.807) is 13.0 Å². The molecule has 1 saturated carbocycles. The molecular formula is C15H15BrFNO. The number of halogens is 2. The Kier molecular flexibility index (Phi) is 3.21. The Hall–Kier alpha value is -1.16. The second-order valence-corrected chi connectivity index (χ2v) is 6.31. The number of amides is 1. The summed E-state index contributed by atoms with van der Waals surface area (Å²) in [6, 6.07) is 3.06. The van der Waals surface area contributed by atoms with Crippen molar-refractivity contribution < 1.29 is 9.18 Å². The number of aryl methyl sites for hydroxylation is 1. The molecule has 1 aromatic carbocycles. The third-order valence-electron chi connectivity index (χ3n) is 4.14. The summed E-state index contributed by atoms with van der Waals surface area (Å²) in [4.78, 5) is 12.3. The molecule has 1 fully saturated rings. The van der Waals surface area contributed by atoms with Crippen molar-refractivity contribution >= 4 is 27.5 Å². The molecule has 0 heterocycles. The summed E-state index contributed by atoms with van der Waals surface area (Å²) < 4.78 is 13.7. The average Bonchev–Trinajstić information content (AvgIpc) is 2.98. The predicted molar refractivity (Wildman–Crippen MR) is 76.3 cm³/mol. The van der Waals surface area contributed by atoms with Crippen LogP contribution in [0.2, 0.25) is 0 Å². The summed E-state index contributed by atoms with van der Waals surface area (Å²) in [5.74, 6) is 0.769. The molecular weight excluding hydrogens is 309 g/mol. The van der Waals surface area contributed by atoms with Gasteiger partial charge in [-0.1, -0.05) is 12.2 Å². The van der Waals surface area contributed by atoms with Crippen LogP contribution in [0.15, 0.2) is 28.8 Å². The van der Waals surface area contributed by atoms with Gasteiger partial charge in [0, 0.05) is 11.6 Å². The number of nitrogens with one attached hydrogen (secondary N) is 1. The summed E-state index contributed by atoms with van der Waals surface area (Å²) in [5, 5.41) is 2.94. The Balaban J connectivity index is 1.77. The van der Waals surface area contributed by atoms with Gasteiger partial charge in [-0.3, -0.25) is 4.79 Å². The summed E-state index contributed by atoms with van der Waals surface area (Å²) in [5.41, 5.74) is 1.43. The fourth-order valence-electron chi connectivity index (χ4n) is 3.09. The lowest BCUT2D eigenvalue weighted by Gasteiger charge is -2.18. The van der Waals surface area contributed by atoms with Crippen LogP contribution >= 0.6 is 15.9 Å². The van der Waals surface area contributed by atoms with Gasteiger partial charge in [-0.25, -0.2) is 4.39 Å². The maximum Gasteiger partial charge on any atom is 0.228 e. The van der Waals surface area contributed by atoms with Crippen LogP contribution in [-0.2, 0) is 4.79 Å². The van der Waals surface area contributed by atoms with Crippen LogP contribution < -0.4 is 5.32 Å². The van der Waals surface area contributed by atoms with Gasteiger partial charge in [-0.2, -0.15) is 0 Å². The summed E-state index contributed by atoms with van der Waals surface area (Å²) in [6.07, 6.45) is 6.42. The number of carbonyl (C=O) groups is 1. The van der Waals surface area contributed by atoms with Gasteiger partial charge in [-0.15, -0.1) is 0 Å². The van der Waals surface area contributed by atoms with Crippen molar-refractivity contribution in [1.29, 1.82) is 0 Å². The van der Waals surface area contributed by atoms with Gasteiger partial charge in [0.25, 0.3) is 0 Å². The van der Waals surface area contributed by atoms with E-state index in [0.29, 0.717) is 22.0 Å². The molecule has 0 aliphatic heterocycles. The molecule has 2 aliphatic carbocycles. The van der Waals surface area contributed by atoms with Crippen molar-refractivity contribution in [3.05, 3.63) is 40.1 Å². The molecule has 3 unspecified atom stereocenters. The number of anilines is 1. The van der Waals surface area contributed by atoms with Crippen molar-refractivity contribution in [2.75, 3.05) is 5.32 Å². The van der Waals surface area contributed by atoms with Gasteiger partial charge in [0.15, 0.2) is 0 Å². The van der Waals surface area contributed by atoms with Crippen LogP contribution in [0, 0.1) is 30.5 Å². The molecule has 100 valence electrons. The number of hydrogen-bond donors (Lipinski definition) is 1. The third kappa shape index (κ3) is 2.34. The number of fused-ring (bicyclic) bond motifs is 2. The molecule has 4 heteroatoms. The topological polar surface area (TPSA) is 29.1 Å². The summed E-state index contributed by atoms with van der Waals surface area (Å²) >= 11 is 3.15. The monoisotopic (exact) mass is 323 g/mol. The highest BCUT2D eigenvalue weighted by Crippen LogP contribution is 2.43. The van der Waals surface area contributed by atoms with Crippen molar-refractivity contribution in [3.8, 4) is 0 Å². The number of rotatable bonds is 2. The third-order valence-corrected chi connectivity index (χ3v) is 4.75. The van der Waals surface area contributed by atoms with E-state index >= 15 is 0 Å². The minimum absolute atomic E-state index is 0.0541. The largest absolute Gasteiger partial charge is 0.326 e. The predicted octanol–water partition coefficient (Wildman–Crippen LogP) is 4.05. The molecule has 1 N–H and O–H groups in total. The normalized spacial score (nSPS) is 27.8. The van der Waals surface area contributed by atoms with Crippen LogP contribution in [0.1, 0.15) is 18.4 Å². The zero-order valence-electron chi connectivity index (χ0n) is 10.6. The Morgan fingerprint density at radius 2 is 2.16 bits per heavy atom. The number of benzene rings is 1. The SMILES string of the molecule is Cc1cc(F)c(Br)cc1NC(=O)C1CC2C=CC1C2. The standard InChI is InChI=1S/C15H15BrFNO/c1-8-4-13(17)12(16)7-14(8)18-15(19)11-6-9-2-3-10(11)5-9/h2-4,7,9-11H,5-6H2,1H3,(H,18,19). The molecule has 0 spiro atoms. The Labute approximate surface area is 120 Å². The molecule has 1 amide bonds. The smallest absolute Gasteiger partial charge is 0.228 e. The summed E-state index contributed by atoms with van der Waals surface area (Å²) in [7, 11) is 0. The molecule has 2 bridgehead atoms. The van der Waals surface area contributed by atoms with Gasteiger partial charge in [-0.05, 0) is 65.2 Å². The van der Waals surface area contributed by atoms with E-state index in [-0.39, 0.29) is 17.6 Å². The molecule has 0 saturated heterocycles. The minimum Gasteiger partial charge on any atom is -0.326 e. The van der Waals surface area contributed by atoms with Crippen LogP contribution in [0.3, 0.4) is 0 Å². The van der Waals surface area contributed by atoms with Gasteiger partial charge in [0.1, 0.15) is 5.82 Å². The zero-order valence-corrected chi connectivity index (χ0v) is 12.2. The van der Waals surface area contributed by atoms with Crippen molar-refractivity contribution in [2.24, 2.45) is 17.8 Å². The minimum atomic E-state index is -0.307. The molecule has 3 atom stereocenters. The second kappa shape index (κ2) is 4.75. The van der Waals surface area contributed by atoms with Gasteiger partial charge < -0.3 is 5.32 Å². The first-order valence-corrected chi connectivity index (χ1v) is 7.28. The highest BCUT2D eigenvalue weighted by molar-refractivity contribution is 9.10. The fourth-order valence-corrected chi connectivity index (χ4v) is 3.43. The number of allylic oxidation sites excluding steroid dienone is 2. The molecule has 2 nitrogen and oxygen atoms in total. The number of hydrogen-bond acceptors (Lipinski definition) is 1. The fraction of sp³-hybridized carbons (Fsp3) is 0.400. The van der Waals surface area contributed by atoms with Gasteiger partial charge >= 0.3 is 0 Å². The Morgan fingerprint density at radius 1 is 1.37 bits per heavy atom. The lowest BCUT2D eigenvalue weighted by molar-refractivity contribution is -0.120. The first kappa shape index (κ1) is 12.9.